The molecule has 4 nitrogen and oxygen atoms in total. The van der Waals surface area contributed by atoms with Crippen LogP contribution in [0.1, 0.15) is 335 Å². The third-order valence-electron chi connectivity index (χ3n) is 13.4. The number of carboxylic acid groups (broad SMARTS) is 2. The maximum atomic E-state index is 12.6. The molecule has 0 atom stereocenters. The van der Waals surface area contributed by atoms with E-state index in [1.165, 1.54) is 269 Å². The Bertz CT molecular complexity index is 909. The van der Waals surface area contributed by atoms with Gasteiger partial charge in [-0.3, -0.25) is 4.79 Å². The number of carboxylic acids is 2. The molecule has 356 valence electrons. The van der Waals surface area contributed by atoms with Crippen molar-refractivity contribution >= 4 is 11.9 Å². The molecule has 2 N–H and O–H groups in total. The molecule has 60 heavy (non-hydrogen) atoms. The minimum atomic E-state index is -0.666. The van der Waals surface area contributed by atoms with Crippen LogP contribution in [0.3, 0.4) is 0 Å². The van der Waals surface area contributed by atoms with Gasteiger partial charge in [0.2, 0.25) is 0 Å². The van der Waals surface area contributed by atoms with E-state index in [1.54, 1.807) is 0 Å². The fraction of sp³-hybridized carbons (Fsp3) is 0.929. The number of unbranched alkanes of at least 4 members (excludes halogenated alkanes) is 43. The molecule has 0 aromatic rings. The van der Waals surface area contributed by atoms with Crippen LogP contribution in [0.4, 0.5) is 0 Å². The largest absolute Gasteiger partial charge is 0.481 e. The van der Waals surface area contributed by atoms with Gasteiger partial charge in [0, 0.05) is 12.0 Å². The van der Waals surface area contributed by atoms with Crippen molar-refractivity contribution in [3.05, 3.63) is 11.1 Å². The quantitative estimate of drug-likeness (QED) is 0.0472. The monoisotopic (exact) mass is 845 g/mol. The van der Waals surface area contributed by atoms with E-state index < -0.39 is 11.9 Å². The van der Waals surface area contributed by atoms with E-state index in [2.05, 4.69) is 13.8 Å². The van der Waals surface area contributed by atoms with E-state index >= 15 is 0 Å². The van der Waals surface area contributed by atoms with Crippen molar-refractivity contribution in [1.29, 1.82) is 0 Å². The van der Waals surface area contributed by atoms with Gasteiger partial charge in [-0.05, 0) is 44.9 Å². The van der Waals surface area contributed by atoms with Gasteiger partial charge < -0.3 is 10.2 Å². The Labute approximate surface area is 376 Å². The fourth-order valence-corrected chi connectivity index (χ4v) is 9.33. The number of aliphatic carboxylic acids is 2. The Morgan fingerprint density at radius 2 is 0.433 bits per heavy atom. The van der Waals surface area contributed by atoms with E-state index in [4.69, 9.17) is 5.11 Å². The first kappa shape index (κ1) is 58.7. The van der Waals surface area contributed by atoms with E-state index in [0.29, 0.717) is 6.42 Å². The summed E-state index contributed by atoms with van der Waals surface area (Å²) >= 11 is 0. The Hall–Kier alpha value is -1.32. The third-order valence-corrected chi connectivity index (χ3v) is 13.4. The van der Waals surface area contributed by atoms with Gasteiger partial charge in [0.15, 0.2) is 0 Å². The Balaban J connectivity index is 4.39. The number of hydrogen-bond donors (Lipinski definition) is 2. The molecule has 0 aliphatic heterocycles. The Kier molecular flexibility index (Phi) is 49.2. The van der Waals surface area contributed by atoms with E-state index in [1.807, 2.05) is 0 Å². The summed E-state index contributed by atoms with van der Waals surface area (Å²) in [6.07, 6.45) is 64.0. The molecule has 0 bridgehead atoms. The topological polar surface area (TPSA) is 74.6 Å². The van der Waals surface area contributed by atoms with E-state index in [-0.39, 0.29) is 0 Å². The van der Waals surface area contributed by atoms with Gasteiger partial charge in [0.25, 0.3) is 0 Å². The van der Waals surface area contributed by atoms with Crippen molar-refractivity contribution in [2.75, 3.05) is 0 Å². The molecule has 0 saturated heterocycles. The molecule has 0 unspecified atom stereocenters. The van der Waals surface area contributed by atoms with Gasteiger partial charge in [-0.15, -0.1) is 0 Å². The summed E-state index contributed by atoms with van der Waals surface area (Å²) in [6, 6.07) is 0. The van der Waals surface area contributed by atoms with Crippen LogP contribution in [0.5, 0.6) is 0 Å². The van der Waals surface area contributed by atoms with Crippen LogP contribution in [0.2, 0.25) is 0 Å². The molecule has 0 aliphatic rings. The van der Waals surface area contributed by atoms with Crippen LogP contribution in [-0.2, 0) is 9.59 Å². The molecule has 0 saturated carbocycles. The summed E-state index contributed by atoms with van der Waals surface area (Å²) in [5, 5.41) is 19.1. The highest BCUT2D eigenvalue weighted by Crippen LogP contribution is 2.26. The average molecular weight is 845 g/mol. The predicted molar refractivity (Wildman–Crippen MR) is 264 cm³/mol. The minimum absolute atomic E-state index is 0.320. The van der Waals surface area contributed by atoms with Crippen molar-refractivity contribution in [2.24, 2.45) is 0 Å². The molecule has 0 fully saturated rings. The SMILES string of the molecule is CCCCCCCCCCCCCCCCCCC(CCCCCCCCCCCCCCCCC(=O)O)=C(CCCCCCCCCCCCCCCCCC)C(=O)O. The summed E-state index contributed by atoms with van der Waals surface area (Å²) in [6.45, 7) is 4.59. The van der Waals surface area contributed by atoms with Crippen molar-refractivity contribution in [2.45, 2.75) is 335 Å². The zero-order valence-electron chi connectivity index (χ0n) is 41.1. The molecule has 0 aromatic carbocycles. The molecule has 0 aliphatic carbocycles. The van der Waals surface area contributed by atoms with E-state index in [0.717, 1.165) is 56.9 Å². The maximum absolute atomic E-state index is 12.6. The van der Waals surface area contributed by atoms with Crippen molar-refractivity contribution < 1.29 is 19.8 Å². The van der Waals surface area contributed by atoms with Gasteiger partial charge in [0.05, 0.1) is 0 Å². The lowest BCUT2D eigenvalue weighted by molar-refractivity contribution is -0.137. The molecule has 0 spiro atoms. The highest BCUT2D eigenvalue weighted by molar-refractivity contribution is 5.87. The van der Waals surface area contributed by atoms with Crippen LogP contribution in [0, 0.1) is 0 Å². The first-order valence-electron chi connectivity index (χ1n) is 27.7. The van der Waals surface area contributed by atoms with Crippen molar-refractivity contribution in [3.63, 3.8) is 0 Å². The summed E-state index contributed by atoms with van der Waals surface area (Å²) in [4.78, 5) is 23.2. The third kappa shape index (κ3) is 46.2. The van der Waals surface area contributed by atoms with Gasteiger partial charge in [-0.2, -0.15) is 0 Å². The standard InChI is InChI=1S/C56H108O4/c1-3-5-7-9-11-13-15-17-19-21-25-29-33-37-41-45-49-53(50-46-42-38-34-30-26-23-24-28-32-36-40-44-48-52-55(57)58)54(56(59)60)51-47-43-39-35-31-27-22-20-18-16-14-12-10-8-6-4-2/h3-52H2,1-2H3,(H,57,58)(H,59,60). The second kappa shape index (κ2) is 50.3. The van der Waals surface area contributed by atoms with Crippen LogP contribution < -0.4 is 0 Å². The number of carbonyl (C=O) groups is 2. The maximum Gasteiger partial charge on any atom is 0.331 e. The Morgan fingerprint density at radius 3 is 0.633 bits per heavy atom. The number of hydrogen-bond acceptors (Lipinski definition) is 2. The number of rotatable bonds is 52. The molecule has 0 radical (unpaired) electrons. The molecule has 4 heteroatoms. The first-order chi connectivity index (χ1) is 29.5. The smallest absolute Gasteiger partial charge is 0.331 e. The second-order valence-electron chi connectivity index (χ2n) is 19.3. The Morgan fingerprint density at radius 1 is 0.250 bits per heavy atom. The van der Waals surface area contributed by atoms with E-state index in [9.17, 15) is 14.7 Å². The highest BCUT2D eigenvalue weighted by atomic mass is 16.4. The van der Waals surface area contributed by atoms with Gasteiger partial charge in [0.1, 0.15) is 0 Å². The molecular formula is C56H108O4. The zero-order chi connectivity index (χ0) is 43.7. The molecule has 0 amide bonds. The predicted octanol–water partition coefficient (Wildman–Crippen LogP) is 20.0. The highest BCUT2D eigenvalue weighted by Gasteiger charge is 2.14. The van der Waals surface area contributed by atoms with Crippen LogP contribution >= 0.6 is 0 Å². The summed E-state index contributed by atoms with van der Waals surface area (Å²) in [5.74, 6) is -1.30. The molecular weight excluding hydrogens is 737 g/mol. The number of allylic oxidation sites excluding steroid dienone is 1. The first-order valence-corrected chi connectivity index (χ1v) is 27.7. The van der Waals surface area contributed by atoms with Crippen LogP contribution in [-0.4, -0.2) is 22.2 Å². The lowest BCUT2D eigenvalue weighted by Gasteiger charge is -2.14. The van der Waals surface area contributed by atoms with Gasteiger partial charge >= 0.3 is 11.9 Å². The normalized spacial score (nSPS) is 12.0. The van der Waals surface area contributed by atoms with Crippen LogP contribution in [0.25, 0.3) is 0 Å². The fourth-order valence-electron chi connectivity index (χ4n) is 9.33. The average Bonchev–Trinajstić information content (AvgIpc) is 3.23. The molecule has 0 heterocycles. The summed E-state index contributed by atoms with van der Waals surface area (Å²) < 4.78 is 0. The summed E-state index contributed by atoms with van der Waals surface area (Å²) in [7, 11) is 0. The van der Waals surface area contributed by atoms with Gasteiger partial charge in [-0.25, -0.2) is 4.79 Å². The lowest BCUT2D eigenvalue weighted by atomic mass is 9.92. The second-order valence-corrected chi connectivity index (χ2v) is 19.3. The van der Waals surface area contributed by atoms with Crippen LogP contribution in [0.15, 0.2) is 11.1 Å². The molecule has 0 rings (SSSR count). The minimum Gasteiger partial charge on any atom is -0.481 e. The molecule has 0 aromatic heterocycles. The van der Waals surface area contributed by atoms with Crippen molar-refractivity contribution in [1.82, 2.24) is 0 Å². The zero-order valence-corrected chi connectivity index (χ0v) is 41.1. The summed E-state index contributed by atoms with van der Waals surface area (Å²) in [5.41, 5.74) is 2.07. The van der Waals surface area contributed by atoms with Crippen molar-refractivity contribution in [3.8, 4) is 0 Å². The van der Waals surface area contributed by atoms with Gasteiger partial charge in [-0.1, -0.05) is 289 Å². The lowest BCUT2D eigenvalue weighted by Crippen LogP contribution is -2.06.